The van der Waals surface area contributed by atoms with Gasteiger partial charge in [0.25, 0.3) is 10.0 Å². The molecule has 3 saturated carbocycles. The molecule has 4 aromatic rings. The minimum Gasteiger partial charge on any atom is -0.476 e. The number of ketones is 1. The van der Waals surface area contributed by atoms with Gasteiger partial charge in [-0.25, -0.2) is 28.1 Å². The number of Topliss-reactive ketones (excluding diaryl/α,β-unsaturated/α-hetero) is 1. The van der Waals surface area contributed by atoms with Crippen LogP contribution in [0.2, 0.25) is 0 Å². The molecule has 11 nitrogen and oxygen atoms in total. The lowest BCUT2D eigenvalue weighted by molar-refractivity contribution is -0.189. The highest BCUT2D eigenvalue weighted by molar-refractivity contribution is 7.92. The normalized spacial score (nSPS) is 26.0. The summed E-state index contributed by atoms with van der Waals surface area (Å²) in [5.41, 5.74) is 4.63. The molecule has 0 amide bonds. The number of aromatic nitrogens is 4. The first kappa shape index (κ1) is 34.8. The van der Waals surface area contributed by atoms with Crippen molar-refractivity contribution >= 4 is 21.8 Å². The Morgan fingerprint density at radius 1 is 0.981 bits per heavy atom. The van der Waals surface area contributed by atoms with Crippen molar-refractivity contribution in [3.63, 3.8) is 0 Å². The van der Waals surface area contributed by atoms with Gasteiger partial charge in [0.05, 0.1) is 17.1 Å². The van der Waals surface area contributed by atoms with Gasteiger partial charge in [-0.3, -0.25) is 9.69 Å². The van der Waals surface area contributed by atoms with E-state index in [1.54, 1.807) is 18.2 Å². The molecule has 3 aliphatic carbocycles. The van der Waals surface area contributed by atoms with Crippen molar-refractivity contribution in [3.05, 3.63) is 89.0 Å². The van der Waals surface area contributed by atoms with E-state index in [9.17, 15) is 13.2 Å². The van der Waals surface area contributed by atoms with E-state index in [4.69, 9.17) is 19.4 Å². The molecule has 2 aliphatic heterocycles. The van der Waals surface area contributed by atoms with E-state index in [0.29, 0.717) is 29.0 Å². The van der Waals surface area contributed by atoms with Gasteiger partial charge in [0.15, 0.2) is 5.78 Å². The van der Waals surface area contributed by atoms with E-state index in [1.807, 2.05) is 44.4 Å². The highest BCUT2D eigenvalue weighted by Gasteiger charge is 2.70. The van der Waals surface area contributed by atoms with Gasteiger partial charge in [0, 0.05) is 60.3 Å². The predicted molar refractivity (Wildman–Crippen MR) is 197 cm³/mol. The average molecular weight is 723 g/mol. The van der Waals surface area contributed by atoms with Crippen molar-refractivity contribution in [3.8, 4) is 17.1 Å². The molecule has 1 saturated heterocycles. The minimum atomic E-state index is -4.14. The maximum atomic E-state index is 14.2. The summed E-state index contributed by atoms with van der Waals surface area (Å²) < 4.78 is 42.2. The van der Waals surface area contributed by atoms with Gasteiger partial charge in [0.2, 0.25) is 11.8 Å². The summed E-state index contributed by atoms with van der Waals surface area (Å²) in [5.74, 6) is 2.11. The highest BCUT2D eigenvalue weighted by Crippen LogP contribution is 2.69. The number of hydrogen-bond donors (Lipinski definition) is 1. The molecule has 0 radical (unpaired) electrons. The van der Waals surface area contributed by atoms with Gasteiger partial charge in [-0.1, -0.05) is 44.2 Å². The van der Waals surface area contributed by atoms with Crippen LogP contribution in [0.25, 0.3) is 11.3 Å². The third-order valence-electron chi connectivity index (χ3n) is 11.6. The number of nitrogens with one attached hydrogen (secondary N) is 1. The first-order valence-corrected chi connectivity index (χ1v) is 19.9. The molecule has 1 unspecified atom stereocenters. The molecule has 2 atom stereocenters. The second kappa shape index (κ2) is 13.6. The molecule has 4 fully saturated rings. The van der Waals surface area contributed by atoms with Crippen molar-refractivity contribution in [2.75, 3.05) is 31.1 Å². The average Bonchev–Trinajstić information content (AvgIpc) is 3.09. The van der Waals surface area contributed by atoms with Crippen LogP contribution in [0.15, 0.2) is 65.8 Å². The van der Waals surface area contributed by atoms with Gasteiger partial charge < -0.3 is 9.47 Å². The first-order valence-electron chi connectivity index (χ1n) is 18.4. The predicted octanol–water partition coefficient (Wildman–Crippen LogP) is 6.48. The summed E-state index contributed by atoms with van der Waals surface area (Å²) in [7, 11) is -4.14. The summed E-state index contributed by atoms with van der Waals surface area (Å²) in [5, 5.41) is 0. The standard InChI is InChI=1S/C40H46N6O5S/c1-24(2)15-31-23-51-35-17-33(36-25(3)7-5-8-26(36)4)43-39(44-35)45-52(48,49)32-10-6-9-28(16-32)34(47)22-46(31)40-18-29(19-40)37(40)38-41-20-30(21-42-38)27-11-13-50-14-12-27/h5-10,16-17,20-21,24,27,29,31,37H,11-15,18-19,22-23H2,1-4H3,(H,43,44,45)/t29?,31-,37?,40?/m1/s1. The number of hydrogen-bond acceptors (Lipinski definition) is 10. The van der Waals surface area contributed by atoms with Crippen LogP contribution in [0.5, 0.6) is 5.88 Å². The Bertz CT molecular complexity index is 2070. The Morgan fingerprint density at radius 3 is 2.37 bits per heavy atom. The molecule has 9 rings (SSSR count). The number of fused-ring (bicyclic) bond motifs is 4. The molecule has 4 heterocycles. The molecule has 0 spiro atoms. The van der Waals surface area contributed by atoms with Crippen molar-refractivity contribution in [2.45, 2.75) is 88.1 Å². The quantitative estimate of drug-likeness (QED) is 0.235. The fourth-order valence-corrected chi connectivity index (χ4v) is 9.87. The molecule has 12 heteroatoms. The molecule has 1 N–H and O–H groups in total. The number of sulfonamides is 1. The number of carbonyl (C=O) groups excluding carboxylic acids is 1. The highest BCUT2D eigenvalue weighted by atomic mass is 32.2. The molecule has 52 heavy (non-hydrogen) atoms. The van der Waals surface area contributed by atoms with Crippen LogP contribution >= 0.6 is 0 Å². The molecule has 5 aliphatic rings. The smallest absolute Gasteiger partial charge is 0.264 e. The molecule has 2 aromatic carbocycles. The summed E-state index contributed by atoms with van der Waals surface area (Å²) in [4.78, 5) is 35.7. The van der Waals surface area contributed by atoms with Crippen LogP contribution in [0.4, 0.5) is 5.95 Å². The number of anilines is 1. The zero-order valence-corrected chi connectivity index (χ0v) is 31.0. The van der Waals surface area contributed by atoms with E-state index in [-0.39, 0.29) is 53.2 Å². The number of nitrogens with zero attached hydrogens (tertiary/aromatic N) is 5. The number of benzene rings is 2. The van der Waals surface area contributed by atoms with Gasteiger partial charge in [-0.05, 0) is 92.5 Å². The molecule has 272 valence electrons. The molecule has 2 aromatic heterocycles. The van der Waals surface area contributed by atoms with Gasteiger partial charge in [-0.15, -0.1) is 0 Å². The zero-order valence-electron chi connectivity index (χ0n) is 30.2. The topological polar surface area (TPSA) is 136 Å². The summed E-state index contributed by atoms with van der Waals surface area (Å²) in [6.07, 6.45) is 8.60. The largest absolute Gasteiger partial charge is 0.476 e. The molecular weight excluding hydrogens is 677 g/mol. The lowest BCUT2D eigenvalue weighted by Crippen LogP contribution is -2.76. The Kier molecular flexibility index (Phi) is 9.11. The van der Waals surface area contributed by atoms with Crippen molar-refractivity contribution in [1.82, 2.24) is 24.8 Å². The zero-order chi connectivity index (χ0) is 36.2. The fraction of sp³-hybridized carbons (Fsp3) is 0.475. The SMILES string of the molecule is Cc1cccc(C)c1-c1cc2nc(n1)NS(=O)(=O)c1cccc(c1)C(=O)CN(C13CC(C1)C3c1ncc(C3CCOCC3)cn1)[C@H](CC(C)C)CO2. The van der Waals surface area contributed by atoms with E-state index in [2.05, 4.69) is 33.4 Å². The van der Waals surface area contributed by atoms with Gasteiger partial charge >= 0.3 is 0 Å². The lowest BCUT2D eigenvalue weighted by atomic mass is 9.41. The van der Waals surface area contributed by atoms with Crippen molar-refractivity contribution in [2.24, 2.45) is 11.8 Å². The monoisotopic (exact) mass is 722 g/mol. The second-order valence-corrected chi connectivity index (χ2v) is 17.2. The maximum absolute atomic E-state index is 14.2. The Morgan fingerprint density at radius 2 is 1.69 bits per heavy atom. The van der Waals surface area contributed by atoms with Gasteiger partial charge in [-0.2, -0.15) is 4.98 Å². The second-order valence-electron chi connectivity index (χ2n) is 15.5. The van der Waals surface area contributed by atoms with Gasteiger partial charge in [0.1, 0.15) is 12.4 Å². The fourth-order valence-electron chi connectivity index (χ4n) is 8.88. The number of ether oxygens (including phenoxy) is 2. The van der Waals surface area contributed by atoms with E-state index in [0.717, 1.165) is 73.4 Å². The maximum Gasteiger partial charge on any atom is 0.264 e. The summed E-state index contributed by atoms with van der Waals surface area (Å²) >= 11 is 0. The van der Waals surface area contributed by atoms with Crippen LogP contribution in [-0.4, -0.2) is 77.0 Å². The third kappa shape index (κ3) is 6.39. The first-order chi connectivity index (χ1) is 25.0. The van der Waals surface area contributed by atoms with E-state index in [1.165, 1.54) is 12.1 Å². The summed E-state index contributed by atoms with van der Waals surface area (Å²) in [6, 6.07) is 13.9. The minimum absolute atomic E-state index is 0.0364. The molecule has 6 bridgehead atoms. The Labute approximate surface area is 305 Å². The Hall–Kier alpha value is -4.26. The lowest BCUT2D eigenvalue weighted by Gasteiger charge is -2.72. The third-order valence-corrected chi connectivity index (χ3v) is 12.9. The summed E-state index contributed by atoms with van der Waals surface area (Å²) in [6.45, 7) is 10.3. The number of rotatable bonds is 6. The Balaban J connectivity index is 1.19. The van der Waals surface area contributed by atoms with Crippen LogP contribution in [-0.2, 0) is 14.8 Å². The van der Waals surface area contributed by atoms with Crippen molar-refractivity contribution in [1.29, 1.82) is 0 Å². The van der Waals surface area contributed by atoms with Crippen LogP contribution in [0.1, 0.15) is 90.7 Å². The number of carbonyl (C=O) groups is 1. The van der Waals surface area contributed by atoms with Crippen molar-refractivity contribution < 1.29 is 22.7 Å². The van der Waals surface area contributed by atoms with Crippen LogP contribution in [0.3, 0.4) is 0 Å². The molecular formula is C40H46N6O5S. The van der Waals surface area contributed by atoms with Crippen LogP contribution in [0, 0.1) is 25.7 Å². The van der Waals surface area contributed by atoms with E-state index >= 15 is 0 Å². The van der Waals surface area contributed by atoms with Crippen LogP contribution < -0.4 is 9.46 Å². The number of aryl methyl sites for hydroxylation is 2. The van der Waals surface area contributed by atoms with E-state index < -0.39 is 10.0 Å².